The molecule has 1 N–H and O–H groups in total. The van der Waals surface area contributed by atoms with Crippen LogP contribution in [0.2, 0.25) is 0 Å². The number of aromatic nitrogens is 1. The molecule has 2 saturated heterocycles. The monoisotopic (exact) mass is 544 g/mol. The number of furan rings is 1. The van der Waals surface area contributed by atoms with Gasteiger partial charge in [-0.05, 0) is 78.6 Å². The first-order valence-corrected chi connectivity index (χ1v) is 14.5. The molecule has 39 heavy (non-hydrogen) atoms. The van der Waals surface area contributed by atoms with Crippen molar-refractivity contribution in [2.75, 3.05) is 6.61 Å². The largest absolute Gasteiger partial charge is 0.459 e. The molecule has 2 aliphatic heterocycles. The number of allylic oxidation sites excluding steroid dienone is 2. The van der Waals surface area contributed by atoms with Crippen LogP contribution in [-0.2, 0) is 27.5 Å². The van der Waals surface area contributed by atoms with Crippen molar-refractivity contribution in [2.45, 2.75) is 51.9 Å². The van der Waals surface area contributed by atoms with E-state index in [1.807, 2.05) is 47.9 Å². The first kappa shape index (κ1) is 25.9. The lowest BCUT2D eigenvalue weighted by Gasteiger charge is -2.31. The lowest BCUT2D eigenvalue weighted by atomic mass is 9.69. The first-order chi connectivity index (χ1) is 19.1. The Balaban J connectivity index is 1.23. The summed E-state index contributed by atoms with van der Waals surface area (Å²) in [6, 6.07) is 13.4. The Hall–Kier alpha value is -3.33. The fourth-order valence-corrected chi connectivity index (χ4v) is 7.13. The second kappa shape index (κ2) is 11.0. The van der Waals surface area contributed by atoms with Crippen molar-refractivity contribution in [1.29, 1.82) is 0 Å². The number of ether oxygens (including phenoxy) is 1. The van der Waals surface area contributed by atoms with Gasteiger partial charge in [0.25, 0.3) is 0 Å². The lowest BCUT2D eigenvalue weighted by molar-refractivity contribution is -0.140. The summed E-state index contributed by atoms with van der Waals surface area (Å²) in [5.41, 5.74) is 4.38. The Labute approximate surface area is 231 Å². The zero-order chi connectivity index (χ0) is 26.9. The number of nitrogens with zero attached hydrogens (tertiary/aromatic N) is 2. The molecule has 0 bridgehead atoms. The van der Waals surface area contributed by atoms with Gasteiger partial charge >= 0.3 is 0 Å². The van der Waals surface area contributed by atoms with E-state index in [1.165, 1.54) is 16.0 Å². The molecule has 2 amide bonds. The van der Waals surface area contributed by atoms with E-state index < -0.39 is 0 Å². The highest BCUT2D eigenvalue weighted by Gasteiger charge is 2.56. The van der Waals surface area contributed by atoms with Crippen molar-refractivity contribution in [2.24, 2.45) is 17.8 Å². The number of hydrogen-bond donors (Lipinski definition) is 1. The molecule has 8 heteroatoms. The van der Waals surface area contributed by atoms with Gasteiger partial charge in [-0.2, -0.15) is 0 Å². The number of aliphatic hydroxyl groups excluding tert-OH is 1. The van der Waals surface area contributed by atoms with Gasteiger partial charge in [0.15, 0.2) is 0 Å². The summed E-state index contributed by atoms with van der Waals surface area (Å²) in [7, 11) is 0. The van der Waals surface area contributed by atoms with Crippen molar-refractivity contribution in [3.05, 3.63) is 87.3 Å². The number of thiophene rings is 1. The van der Waals surface area contributed by atoms with Crippen LogP contribution in [0.3, 0.4) is 0 Å². The SMILES string of the molecule is CCC1=C2[C@@H](CC/C(=C/c3ccc(CO)o3)c3ccccn3)OC[C@@H]2[C@@H]2C(=O)N(Cc3cccs3)C(=O)[C@@H]2C1. The number of pyridine rings is 1. The van der Waals surface area contributed by atoms with Crippen molar-refractivity contribution in [1.82, 2.24) is 9.88 Å². The van der Waals surface area contributed by atoms with Crippen molar-refractivity contribution >= 4 is 34.8 Å². The highest BCUT2D eigenvalue weighted by atomic mass is 32.1. The average molecular weight is 545 g/mol. The fraction of sp³-hybridized carbons (Fsp3) is 0.387. The molecule has 0 unspecified atom stereocenters. The summed E-state index contributed by atoms with van der Waals surface area (Å²) in [5.74, 6) is 0.431. The molecule has 0 aromatic carbocycles. The van der Waals surface area contributed by atoms with Crippen LogP contribution in [-0.4, -0.2) is 39.5 Å². The number of fused-ring (bicyclic) bond motifs is 3. The molecule has 202 valence electrons. The molecule has 2 fully saturated rings. The Morgan fingerprint density at radius 3 is 2.77 bits per heavy atom. The van der Waals surface area contributed by atoms with Crippen molar-refractivity contribution in [3.8, 4) is 0 Å². The standard InChI is InChI=1S/C31H32N2O5S/c1-2-19-15-24-29(31(36)33(30(24)35)16-23-6-5-13-39-23)25-18-37-27(28(19)25)11-8-20(26-7-3-4-12-32-26)14-21-9-10-22(17-34)38-21/h3-7,9-10,12-14,24-25,27,29,34H,2,8,11,15-18H2,1H3/b20-14-/t24-,25+,27-,29-/m1/s1. The van der Waals surface area contributed by atoms with Crippen LogP contribution in [0, 0.1) is 17.8 Å². The number of hydrogen-bond acceptors (Lipinski definition) is 7. The predicted molar refractivity (Wildman–Crippen MR) is 148 cm³/mol. The molecule has 0 radical (unpaired) electrons. The van der Waals surface area contributed by atoms with Gasteiger partial charge in [-0.15, -0.1) is 11.3 Å². The zero-order valence-corrected chi connectivity index (χ0v) is 22.7. The molecule has 6 rings (SSSR count). The molecular weight excluding hydrogens is 512 g/mol. The van der Waals surface area contributed by atoms with Crippen molar-refractivity contribution in [3.63, 3.8) is 0 Å². The molecule has 0 saturated carbocycles. The van der Waals surface area contributed by atoms with E-state index in [9.17, 15) is 14.7 Å². The summed E-state index contributed by atoms with van der Waals surface area (Å²) in [6.07, 6.45) is 6.58. The van der Waals surface area contributed by atoms with Crippen molar-refractivity contribution < 1.29 is 23.8 Å². The minimum atomic E-state index is -0.335. The fourth-order valence-electron chi connectivity index (χ4n) is 6.43. The number of carbonyl (C=O) groups is 2. The Kier molecular flexibility index (Phi) is 7.34. The molecule has 3 aromatic heterocycles. The van der Waals surface area contributed by atoms with Gasteiger partial charge in [-0.1, -0.05) is 24.6 Å². The van der Waals surface area contributed by atoms with Crippen LogP contribution in [0.25, 0.3) is 11.6 Å². The molecule has 3 aliphatic rings. The minimum Gasteiger partial charge on any atom is -0.459 e. The maximum absolute atomic E-state index is 13.6. The van der Waals surface area contributed by atoms with E-state index in [0.717, 1.165) is 29.0 Å². The number of likely N-dealkylation sites (tertiary alicyclic amines) is 1. The topological polar surface area (TPSA) is 92.9 Å². The van der Waals surface area contributed by atoms with Gasteiger partial charge in [0.1, 0.15) is 18.1 Å². The Morgan fingerprint density at radius 1 is 1.15 bits per heavy atom. The Morgan fingerprint density at radius 2 is 2.05 bits per heavy atom. The molecule has 7 nitrogen and oxygen atoms in total. The van der Waals surface area contributed by atoms with E-state index in [1.54, 1.807) is 23.6 Å². The van der Waals surface area contributed by atoms with Crippen LogP contribution < -0.4 is 0 Å². The van der Waals surface area contributed by atoms with Crippen LogP contribution in [0.15, 0.2) is 69.6 Å². The predicted octanol–water partition coefficient (Wildman–Crippen LogP) is 5.48. The smallest absolute Gasteiger partial charge is 0.234 e. The number of carbonyl (C=O) groups excluding carboxylic acids is 2. The van der Waals surface area contributed by atoms with Gasteiger partial charge in [-0.25, -0.2) is 0 Å². The molecule has 5 heterocycles. The van der Waals surface area contributed by atoms with Crippen LogP contribution in [0.5, 0.6) is 0 Å². The summed E-state index contributed by atoms with van der Waals surface area (Å²) in [6.45, 7) is 2.82. The molecule has 1 aliphatic carbocycles. The lowest BCUT2D eigenvalue weighted by Crippen LogP contribution is -2.34. The van der Waals surface area contributed by atoms with Gasteiger partial charge in [0.05, 0.1) is 36.8 Å². The summed E-state index contributed by atoms with van der Waals surface area (Å²) < 4.78 is 12.1. The highest BCUT2D eigenvalue weighted by molar-refractivity contribution is 7.09. The van der Waals surface area contributed by atoms with Gasteiger partial charge in [-0.3, -0.25) is 19.5 Å². The first-order valence-electron chi connectivity index (χ1n) is 13.6. The third kappa shape index (κ3) is 4.93. The molecule has 3 aromatic rings. The maximum Gasteiger partial charge on any atom is 0.234 e. The van der Waals surface area contributed by atoms with Gasteiger partial charge in [0, 0.05) is 17.0 Å². The third-order valence-electron chi connectivity index (χ3n) is 8.24. The van der Waals surface area contributed by atoms with E-state index >= 15 is 0 Å². The quantitative estimate of drug-likeness (QED) is 0.283. The maximum atomic E-state index is 13.6. The summed E-state index contributed by atoms with van der Waals surface area (Å²) in [4.78, 5) is 34.0. The number of aliphatic hydroxyl groups is 1. The molecule has 4 atom stereocenters. The van der Waals surface area contributed by atoms with Crippen LogP contribution in [0.1, 0.15) is 54.7 Å². The van der Waals surface area contributed by atoms with E-state index in [2.05, 4.69) is 11.9 Å². The number of amides is 2. The van der Waals surface area contributed by atoms with E-state index in [0.29, 0.717) is 37.5 Å². The number of imide groups is 1. The van der Waals surface area contributed by atoms with E-state index in [-0.39, 0.29) is 42.3 Å². The Bertz CT molecular complexity index is 1410. The second-order valence-corrected chi connectivity index (χ2v) is 11.4. The van der Waals surface area contributed by atoms with E-state index in [4.69, 9.17) is 9.15 Å². The summed E-state index contributed by atoms with van der Waals surface area (Å²) >= 11 is 1.57. The highest BCUT2D eigenvalue weighted by Crippen LogP contribution is 2.51. The van der Waals surface area contributed by atoms with Gasteiger partial charge < -0.3 is 14.3 Å². The van der Waals surface area contributed by atoms with Crippen LogP contribution >= 0.6 is 11.3 Å². The molecule has 0 spiro atoms. The third-order valence-corrected chi connectivity index (χ3v) is 9.11. The number of rotatable bonds is 9. The summed E-state index contributed by atoms with van der Waals surface area (Å²) in [5, 5.41) is 11.4. The normalized spacial score (nSPS) is 25.0. The zero-order valence-electron chi connectivity index (χ0n) is 21.9. The minimum absolute atomic E-state index is 0.0343. The van der Waals surface area contributed by atoms with Crippen LogP contribution in [0.4, 0.5) is 0 Å². The average Bonchev–Trinajstić information content (AvgIpc) is 3.77. The van der Waals surface area contributed by atoms with Gasteiger partial charge in [0.2, 0.25) is 11.8 Å². The molecular formula is C31H32N2O5S. The second-order valence-electron chi connectivity index (χ2n) is 10.4.